The number of fused-ring (bicyclic) bond motifs is 1. The number of carbonyl (C=O) groups is 1. The topological polar surface area (TPSA) is 182 Å². The van der Waals surface area contributed by atoms with E-state index in [2.05, 4.69) is 26.0 Å². The van der Waals surface area contributed by atoms with Crippen LogP contribution in [0.3, 0.4) is 0 Å². The van der Waals surface area contributed by atoms with Gasteiger partial charge in [0.05, 0.1) is 25.2 Å². The summed E-state index contributed by atoms with van der Waals surface area (Å²) in [6.07, 6.45) is 4.71. The number of rotatable bonds is 11. The Morgan fingerprint density at radius 1 is 1.32 bits per heavy atom. The third kappa shape index (κ3) is 6.10. The summed E-state index contributed by atoms with van der Waals surface area (Å²) in [5.74, 6) is 1.89. The van der Waals surface area contributed by atoms with Crippen molar-refractivity contribution in [1.82, 2.24) is 24.6 Å². The summed E-state index contributed by atoms with van der Waals surface area (Å²) in [4.78, 5) is 24.7. The van der Waals surface area contributed by atoms with Crippen LogP contribution in [0.5, 0.6) is 5.75 Å². The van der Waals surface area contributed by atoms with E-state index in [1.54, 1.807) is 44.2 Å². The zero-order chi connectivity index (χ0) is 29.1. The van der Waals surface area contributed by atoms with Gasteiger partial charge < -0.3 is 29.6 Å². The number of nitrogen functional groups attached to an aromatic ring is 1. The fourth-order valence-electron chi connectivity index (χ4n) is 4.17. The number of terminal acetylenes is 1. The molecule has 15 heteroatoms. The Morgan fingerprint density at radius 2 is 2.05 bits per heavy atom. The number of para-hydroxylation sites is 1. The minimum atomic E-state index is -4.24. The fraction of sp³-hybridized carbons (Fsp3) is 0.440. The number of nitrogens with two attached hydrogens (primary N) is 1. The van der Waals surface area contributed by atoms with Crippen LogP contribution in [0.25, 0.3) is 11.2 Å². The molecule has 2 unspecified atom stereocenters. The van der Waals surface area contributed by atoms with Crippen LogP contribution in [0.15, 0.2) is 42.9 Å². The zero-order valence-corrected chi connectivity index (χ0v) is 23.2. The number of hydrogen-bond acceptors (Lipinski definition) is 12. The molecule has 1 aromatic carbocycles. The Morgan fingerprint density at radius 3 is 2.70 bits per heavy atom. The molecule has 1 saturated heterocycles. The van der Waals surface area contributed by atoms with Gasteiger partial charge >= 0.3 is 13.7 Å². The van der Waals surface area contributed by atoms with Crippen LogP contribution in [0.1, 0.15) is 27.0 Å². The molecule has 14 nitrogen and oxygen atoms in total. The highest BCUT2D eigenvalue weighted by Gasteiger charge is 2.57. The van der Waals surface area contributed by atoms with Crippen molar-refractivity contribution in [3.8, 4) is 18.1 Å². The van der Waals surface area contributed by atoms with Crippen molar-refractivity contribution >= 4 is 30.8 Å². The van der Waals surface area contributed by atoms with Gasteiger partial charge in [0.1, 0.15) is 29.5 Å². The van der Waals surface area contributed by atoms with Crippen LogP contribution in [0, 0.1) is 12.3 Å². The number of imidazole rings is 1. The molecule has 3 heterocycles. The number of benzene rings is 1. The van der Waals surface area contributed by atoms with Crippen LogP contribution >= 0.6 is 7.75 Å². The lowest BCUT2D eigenvalue weighted by molar-refractivity contribution is -0.149. The summed E-state index contributed by atoms with van der Waals surface area (Å²) in [7, 11) is -2.90. The first-order valence-corrected chi connectivity index (χ1v) is 13.8. The Kier molecular flexibility index (Phi) is 8.74. The Labute approximate surface area is 230 Å². The summed E-state index contributed by atoms with van der Waals surface area (Å²) in [6.45, 7) is 4.42. The van der Waals surface area contributed by atoms with E-state index < -0.39 is 50.4 Å². The predicted octanol–water partition coefficient (Wildman–Crippen LogP) is 1.82. The molecule has 0 bridgehead atoms. The van der Waals surface area contributed by atoms with Crippen molar-refractivity contribution in [2.75, 3.05) is 19.5 Å². The maximum Gasteiger partial charge on any atom is 0.459 e. The highest BCUT2D eigenvalue weighted by atomic mass is 31.2. The monoisotopic (exact) mass is 574 g/mol. The standard InChI is InChI=1S/C25H31N6O8P/c1-6-25(33)20(35-5)19(38-23(25)31-14-28-18-12-27-24(26)29-21(18)31)13-36-40(34,39-17-10-8-7-9-11-17)30-16(4)22(32)37-15(2)3/h1,7-12,14-16,19-20,23,33H,13H2,2-5H3,(H,30,34)(H2,26,27,29)/t16-,19+,20-,23+,25?,40?/m0/s1. The first-order valence-electron chi connectivity index (χ1n) is 12.3. The van der Waals surface area contributed by atoms with Gasteiger partial charge in [0.2, 0.25) is 5.95 Å². The molecule has 2 aromatic heterocycles. The molecule has 4 rings (SSSR count). The summed E-state index contributed by atoms with van der Waals surface area (Å²) < 4.78 is 43.5. The molecule has 0 aliphatic carbocycles. The first-order chi connectivity index (χ1) is 19.0. The largest absolute Gasteiger partial charge is 0.462 e. The number of carbonyl (C=O) groups excluding carboxylic acids is 1. The van der Waals surface area contributed by atoms with Gasteiger partial charge in [-0.1, -0.05) is 24.1 Å². The third-order valence-electron chi connectivity index (χ3n) is 5.96. The minimum Gasteiger partial charge on any atom is -0.462 e. The second kappa shape index (κ2) is 11.9. The molecule has 40 heavy (non-hydrogen) atoms. The molecular weight excluding hydrogens is 543 g/mol. The Balaban J connectivity index is 1.60. The molecule has 1 fully saturated rings. The number of nitrogens with zero attached hydrogens (tertiary/aromatic N) is 4. The Bertz CT molecular complexity index is 1430. The van der Waals surface area contributed by atoms with E-state index in [1.165, 1.54) is 31.1 Å². The molecule has 1 aliphatic rings. The van der Waals surface area contributed by atoms with Crippen molar-refractivity contribution in [1.29, 1.82) is 0 Å². The van der Waals surface area contributed by atoms with Gasteiger partial charge in [-0.2, -0.15) is 10.1 Å². The molecule has 6 atom stereocenters. The smallest absolute Gasteiger partial charge is 0.459 e. The minimum absolute atomic E-state index is 0.0187. The first kappa shape index (κ1) is 29.4. The van der Waals surface area contributed by atoms with Gasteiger partial charge in [-0.15, -0.1) is 6.42 Å². The molecule has 0 radical (unpaired) electrons. The summed E-state index contributed by atoms with van der Waals surface area (Å²) in [5, 5.41) is 14.1. The molecule has 1 aliphatic heterocycles. The van der Waals surface area contributed by atoms with Crippen LogP contribution in [0.2, 0.25) is 0 Å². The summed E-state index contributed by atoms with van der Waals surface area (Å²) in [5.41, 5.74) is 4.37. The lowest BCUT2D eigenvalue weighted by Crippen LogP contribution is -2.47. The van der Waals surface area contributed by atoms with E-state index in [9.17, 15) is 14.5 Å². The van der Waals surface area contributed by atoms with Crippen molar-refractivity contribution in [2.24, 2.45) is 0 Å². The maximum atomic E-state index is 13.9. The van der Waals surface area contributed by atoms with Crippen molar-refractivity contribution < 1.29 is 37.7 Å². The number of methoxy groups -OCH3 is 1. The van der Waals surface area contributed by atoms with Gasteiger partial charge in [0.25, 0.3) is 0 Å². The van der Waals surface area contributed by atoms with Crippen molar-refractivity contribution in [2.45, 2.75) is 57.0 Å². The second-order valence-electron chi connectivity index (χ2n) is 9.28. The van der Waals surface area contributed by atoms with E-state index >= 15 is 0 Å². The van der Waals surface area contributed by atoms with Gasteiger partial charge in [-0.05, 0) is 32.9 Å². The van der Waals surface area contributed by atoms with Crippen molar-refractivity contribution in [3.05, 3.63) is 42.9 Å². The number of aromatic nitrogens is 4. The summed E-state index contributed by atoms with van der Waals surface area (Å²) in [6, 6.07) is 7.20. The average Bonchev–Trinajstić information content (AvgIpc) is 3.45. The van der Waals surface area contributed by atoms with Crippen LogP contribution < -0.4 is 15.3 Å². The fourth-order valence-corrected chi connectivity index (χ4v) is 5.67. The molecule has 0 saturated carbocycles. The number of anilines is 1. The van der Waals surface area contributed by atoms with E-state index in [0.29, 0.717) is 5.52 Å². The maximum absolute atomic E-state index is 13.9. The lowest BCUT2D eigenvalue weighted by Gasteiger charge is -2.28. The molecule has 4 N–H and O–H groups in total. The molecule has 214 valence electrons. The highest BCUT2D eigenvalue weighted by molar-refractivity contribution is 7.52. The van der Waals surface area contributed by atoms with E-state index in [0.717, 1.165) is 0 Å². The van der Waals surface area contributed by atoms with Crippen LogP contribution in [-0.2, 0) is 28.1 Å². The van der Waals surface area contributed by atoms with Crippen LogP contribution in [0.4, 0.5) is 5.95 Å². The normalized spacial score (nSPS) is 24.9. The number of hydrogen-bond donors (Lipinski definition) is 3. The predicted molar refractivity (Wildman–Crippen MR) is 143 cm³/mol. The average molecular weight is 575 g/mol. The molecule has 3 aromatic rings. The zero-order valence-electron chi connectivity index (χ0n) is 22.3. The SMILES string of the molecule is C#CC1(O)[C@@H](OC)[C@@H](COP(=O)(N[C@@H](C)C(=O)OC(C)C)Oc2ccccc2)O[C@H]1n1cnc2cnc(N)nc21. The van der Waals surface area contributed by atoms with E-state index in [1.807, 2.05) is 0 Å². The number of esters is 1. The van der Waals surface area contributed by atoms with E-state index in [4.69, 9.17) is 35.4 Å². The quantitative estimate of drug-likeness (QED) is 0.171. The Hall–Kier alpha value is -3.57. The second-order valence-corrected chi connectivity index (χ2v) is 11.0. The molecular formula is C25H31N6O8P. The summed E-state index contributed by atoms with van der Waals surface area (Å²) >= 11 is 0. The van der Waals surface area contributed by atoms with Crippen molar-refractivity contribution in [3.63, 3.8) is 0 Å². The number of aliphatic hydroxyl groups is 1. The highest BCUT2D eigenvalue weighted by Crippen LogP contribution is 2.47. The number of ether oxygens (including phenoxy) is 3. The van der Waals surface area contributed by atoms with E-state index in [-0.39, 0.29) is 23.4 Å². The van der Waals surface area contributed by atoms with Crippen LogP contribution in [-0.4, -0.2) is 74.3 Å². The van der Waals surface area contributed by atoms with Gasteiger partial charge in [-0.3, -0.25) is 13.9 Å². The third-order valence-corrected chi connectivity index (χ3v) is 7.60. The van der Waals surface area contributed by atoms with Gasteiger partial charge in [-0.25, -0.2) is 14.5 Å². The molecule has 0 spiro atoms. The molecule has 0 amide bonds. The van der Waals surface area contributed by atoms with Gasteiger partial charge in [0.15, 0.2) is 17.5 Å². The van der Waals surface area contributed by atoms with Gasteiger partial charge in [0, 0.05) is 7.11 Å². The number of nitrogens with one attached hydrogen (secondary N) is 1. The lowest BCUT2D eigenvalue weighted by atomic mass is 9.95.